The lowest BCUT2D eigenvalue weighted by atomic mass is 10.2. The number of para-hydroxylation sites is 1. The van der Waals surface area contributed by atoms with Gasteiger partial charge in [-0.3, -0.25) is 4.79 Å². The maximum atomic E-state index is 12.8. The normalized spacial score (nSPS) is 11.4. The molecule has 0 radical (unpaired) electrons. The summed E-state index contributed by atoms with van der Waals surface area (Å²) in [5, 5.41) is 11.6. The Hall–Kier alpha value is -4.08. The molecule has 2 aromatic carbocycles. The molecule has 2 aromatic heterocycles. The van der Waals surface area contributed by atoms with Gasteiger partial charge in [-0.25, -0.2) is 9.36 Å². The monoisotopic (exact) mass is 469 g/mol. The first-order chi connectivity index (χ1) is 16.2. The lowest BCUT2D eigenvalue weighted by molar-refractivity contribution is -0.137. The molecular weight excluding hydrogens is 447 g/mol. The maximum absolute atomic E-state index is 12.8. The topological polar surface area (TPSA) is 74.0 Å². The fraction of sp³-hybridized carbons (Fsp3) is 0.208. The summed E-state index contributed by atoms with van der Waals surface area (Å²) < 4.78 is 47.0. The minimum absolute atomic E-state index is 0.0534. The van der Waals surface area contributed by atoms with E-state index in [1.807, 2.05) is 48.9 Å². The van der Waals surface area contributed by atoms with Gasteiger partial charge in [0.05, 0.1) is 16.9 Å². The second kappa shape index (κ2) is 9.42. The van der Waals surface area contributed by atoms with Crippen LogP contribution in [0.2, 0.25) is 0 Å². The van der Waals surface area contributed by atoms with Crippen molar-refractivity contribution in [2.24, 2.45) is 0 Å². The molecule has 1 amide bonds. The smallest absolute Gasteiger partial charge is 0.416 e. The highest BCUT2D eigenvalue weighted by atomic mass is 19.4. The fourth-order valence-corrected chi connectivity index (χ4v) is 3.47. The Morgan fingerprint density at radius 1 is 1.03 bits per heavy atom. The molecule has 7 nitrogen and oxygen atoms in total. The number of rotatable bonds is 7. The molecule has 0 unspecified atom stereocenters. The van der Waals surface area contributed by atoms with Crippen molar-refractivity contribution in [1.29, 1.82) is 0 Å². The number of hydrogen-bond acceptors (Lipinski definition) is 4. The van der Waals surface area contributed by atoms with Crippen molar-refractivity contribution in [1.82, 2.24) is 24.9 Å². The van der Waals surface area contributed by atoms with Crippen molar-refractivity contribution in [3.05, 3.63) is 95.1 Å². The summed E-state index contributed by atoms with van der Waals surface area (Å²) in [5.41, 5.74) is 2.93. The largest absolute Gasteiger partial charge is 0.471 e. The van der Waals surface area contributed by atoms with E-state index < -0.39 is 11.7 Å². The van der Waals surface area contributed by atoms with Gasteiger partial charge in [0.2, 0.25) is 0 Å². The highest BCUT2D eigenvalue weighted by Crippen LogP contribution is 2.31. The number of benzene rings is 2. The van der Waals surface area contributed by atoms with Crippen molar-refractivity contribution in [3.63, 3.8) is 0 Å². The number of amides is 1. The second-order valence-corrected chi connectivity index (χ2v) is 7.62. The van der Waals surface area contributed by atoms with E-state index in [-0.39, 0.29) is 30.6 Å². The highest BCUT2D eigenvalue weighted by Gasteiger charge is 2.30. The molecule has 0 aliphatic carbocycles. The van der Waals surface area contributed by atoms with E-state index >= 15 is 0 Å². The number of carbonyl (C=O) groups is 1. The van der Waals surface area contributed by atoms with Crippen LogP contribution in [0.3, 0.4) is 0 Å². The third kappa shape index (κ3) is 5.11. The summed E-state index contributed by atoms with van der Waals surface area (Å²) in [7, 11) is 0. The highest BCUT2D eigenvalue weighted by molar-refractivity contribution is 5.92. The Kier molecular flexibility index (Phi) is 6.40. The molecule has 0 aliphatic rings. The minimum atomic E-state index is -4.45. The summed E-state index contributed by atoms with van der Waals surface area (Å²) in [6, 6.07) is 15.8. The van der Waals surface area contributed by atoms with Crippen LogP contribution >= 0.6 is 0 Å². The van der Waals surface area contributed by atoms with E-state index in [0.717, 1.165) is 34.8 Å². The second-order valence-electron chi connectivity index (χ2n) is 7.62. The molecule has 0 saturated carbocycles. The molecule has 0 aliphatic heterocycles. The van der Waals surface area contributed by atoms with E-state index in [9.17, 15) is 18.0 Å². The molecule has 10 heteroatoms. The Bertz CT molecular complexity index is 1300. The molecule has 0 bridgehead atoms. The molecule has 1 N–H and O–H groups in total. The number of nitrogens with one attached hydrogen (secondary N) is 1. The molecule has 0 atom stereocenters. The van der Waals surface area contributed by atoms with Crippen molar-refractivity contribution in [2.75, 3.05) is 0 Å². The van der Waals surface area contributed by atoms with E-state index in [1.165, 1.54) is 29.1 Å². The van der Waals surface area contributed by atoms with Crippen LogP contribution in [0.5, 0.6) is 5.75 Å². The SMILES string of the molecule is Cc1nn(-c2ccccc2)c(C)c1CNC(=O)c1ccn(COc2cccc(C(F)(F)F)c2)n1. The minimum Gasteiger partial charge on any atom is -0.471 e. The zero-order chi connectivity index (χ0) is 24.3. The Labute approximate surface area is 193 Å². The van der Waals surface area contributed by atoms with Crippen LogP contribution in [-0.2, 0) is 19.5 Å². The first-order valence-corrected chi connectivity index (χ1v) is 10.4. The third-order valence-electron chi connectivity index (χ3n) is 5.27. The lowest BCUT2D eigenvalue weighted by Crippen LogP contribution is -2.24. The van der Waals surface area contributed by atoms with Gasteiger partial charge in [-0.05, 0) is 50.2 Å². The first kappa shape index (κ1) is 23.1. The standard InChI is InChI=1S/C24H22F3N5O2/c1-16-21(17(2)32(29-16)19-8-4-3-5-9-19)14-28-23(33)22-11-12-31(30-22)15-34-20-10-6-7-18(13-20)24(25,26)27/h3-13H,14-15H2,1-2H3,(H,28,33). The number of halogens is 3. The Morgan fingerprint density at radius 3 is 2.53 bits per heavy atom. The van der Waals surface area contributed by atoms with Gasteiger partial charge in [-0.1, -0.05) is 24.3 Å². The fourth-order valence-electron chi connectivity index (χ4n) is 3.47. The van der Waals surface area contributed by atoms with E-state index in [0.29, 0.717) is 0 Å². The van der Waals surface area contributed by atoms with Crippen molar-refractivity contribution < 1.29 is 22.7 Å². The van der Waals surface area contributed by atoms with Gasteiger partial charge < -0.3 is 10.1 Å². The van der Waals surface area contributed by atoms with E-state index in [4.69, 9.17) is 4.74 Å². The van der Waals surface area contributed by atoms with E-state index in [2.05, 4.69) is 15.5 Å². The molecule has 0 saturated heterocycles. The lowest BCUT2D eigenvalue weighted by Gasteiger charge is -2.10. The summed E-state index contributed by atoms with van der Waals surface area (Å²) in [4.78, 5) is 12.6. The van der Waals surface area contributed by atoms with Gasteiger partial charge >= 0.3 is 6.18 Å². The molecule has 4 rings (SSSR count). The molecule has 2 heterocycles. The first-order valence-electron chi connectivity index (χ1n) is 10.4. The molecule has 4 aromatic rings. The van der Waals surface area contributed by atoms with Gasteiger partial charge in [0.25, 0.3) is 5.91 Å². The summed E-state index contributed by atoms with van der Waals surface area (Å²) in [5.74, 6) is -0.332. The third-order valence-corrected chi connectivity index (χ3v) is 5.27. The zero-order valence-electron chi connectivity index (χ0n) is 18.5. The molecular formula is C24H22F3N5O2. The predicted octanol–water partition coefficient (Wildman–Crippen LogP) is 4.67. The Morgan fingerprint density at radius 2 is 1.79 bits per heavy atom. The van der Waals surface area contributed by atoms with Crippen molar-refractivity contribution in [2.45, 2.75) is 33.3 Å². The van der Waals surface area contributed by atoms with Crippen LogP contribution in [0.25, 0.3) is 5.69 Å². The average Bonchev–Trinajstić information content (AvgIpc) is 3.41. The predicted molar refractivity (Wildman–Crippen MR) is 119 cm³/mol. The summed E-state index contributed by atoms with van der Waals surface area (Å²) >= 11 is 0. The van der Waals surface area contributed by atoms with Crippen LogP contribution in [-0.4, -0.2) is 25.5 Å². The van der Waals surface area contributed by atoms with Gasteiger partial charge in [0.15, 0.2) is 6.73 Å². The number of hydrogen-bond donors (Lipinski definition) is 1. The zero-order valence-corrected chi connectivity index (χ0v) is 18.5. The average molecular weight is 469 g/mol. The molecule has 0 spiro atoms. The number of alkyl halides is 3. The van der Waals surface area contributed by atoms with Gasteiger partial charge in [0.1, 0.15) is 11.4 Å². The molecule has 34 heavy (non-hydrogen) atoms. The number of aromatic nitrogens is 4. The van der Waals surface area contributed by atoms with Gasteiger partial charge in [-0.15, -0.1) is 0 Å². The van der Waals surface area contributed by atoms with Crippen LogP contribution in [0.15, 0.2) is 66.9 Å². The van der Waals surface area contributed by atoms with Gasteiger partial charge in [-0.2, -0.15) is 23.4 Å². The van der Waals surface area contributed by atoms with Crippen molar-refractivity contribution in [3.8, 4) is 11.4 Å². The number of nitrogens with zero attached hydrogens (tertiary/aromatic N) is 4. The number of aryl methyl sites for hydroxylation is 1. The van der Waals surface area contributed by atoms with Crippen LogP contribution in [0, 0.1) is 13.8 Å². The van der Waals surface area contributed by atoms with Crippen LogP contribution in [0.1, 0.15) is 33.0 Å². The summed E-state index contributed by atoms with van der Waals surface area (Å²) in [6.07, 6.45) is -2.93. The summed E-state index contributed by atoms with van der Waals surface area (Å²) in [6.45, 7) is 3.95. The van der Waals surface area contributed by atoms with E-state index in [1.54, 1.807) is 0 Å². The van der Waals surface area contributed by atoms with Gasteiger partial charge in [0, 0.05) is 24.0 Å². The Balaban J connectivity index is 1.37. The number of ether oxygens (including phenoxy) is 1. The number of carbonyl (C=O) groups excluding carboxylic acids is 1. The quantitative estimate of drug-likeness (QED) is 0.427. The van der Waals surface area contributed by atoms with Crippen LogP contribution < -0.4 is 10.1 Å². The maximum Gasteiger partial charge on any atom is 0.416 e. The van der Waals surface area contributed by atoms with Crippen molar-refractivity contribution >= 4 is 5.91 Å². The molecule has 0 fully saturated rings. The molecule has 176 valence electrons. The van der Waals surface area contributed by atoms with Crippen LogP contribution in [0.4, 0.5) is 13.2 Å².